The van der Waals surface area contributed by atoms with Gasteiger partial charge in [-0.25, -0.2) is 0 Å². The number of carbonyl (C=O) groups excluding carboxylic acids is 2. The van der Waals surface area contributed by atoms with Crippen molar-refractivity contribution in [3.63, 3.8) is 0 Å². The van der Waals surface area contributed by atoms with Crippen LogP contribution < -0.4 is 10.6 Å². The summed E-state index contributed by atoms with van der Waals surface area (Å²) in [5.41, 5.74) is 6.37. The van der Waals surface area contributed by atoms with Crippen LogP contribution in [0.15, 0.2) is 79.1 Å². The minimum atomic E-state index is -0.215. The maximum absolute atomic E-state index is 13.3. The van der Waals surface area contributed by atoms with E-state index >= 15 is 0 Å². The van der Waals surface area contributed by atoms with Gasteiger partial charge in [0.25, 0.3) is 11.8 Å². The molecule has 7 heteroatoms. The van der Waals surface area contributed by atoms with Crippen LogP contribution in [0, 0.1) is 5.92 Å². The normalized spacial score (nSPS) is 15.3. The summed E-state index contributed by atoms with van der Waals surface area (Å²) < 4.78 is 0. The van der Waals surface area contributed by atoms with Crippen LogP contribution >= 0.6 is 0 Å². The number of anilines is 3. The lowest BCUT2D eigenvalue weighted by atomic mass is 9.90. The number of hydrogen-bond donors (Lipinski definition) is 3. The van der Waals surface area contributed by atoms with E-state index in [0.717, 1.165) is 54.9 Å². The molecule has 1 saturated heterocycles. The molecule has 4 aromatic rings. The summed E-state index contributed by atoms with van der Waals surface area (Å²) in [4.78, 5) is 28.3. The molecule has 1 aromatic heterocycles. The van der Waals surface area contributed by atoms with Gasteiger partial charge in [0.2, 0.25) is 0 Å². The lowest BCUT2D eigenvalue weighted by Gasteiger charge is -2.32. The van der Waals surface area contributed by atoms with Crippen molar-refractivity contribution >= 4 is 28.9 Å². The van der Waals surface area contributed by atoms with E-state index in [1.807, 2.05) is 41.3 Å². The molecule has 36 heavy (non-hydrogen) atoms. The molecule has 6 rings (SSSR count). The number of amides is 2. The predicted molar refractivity (Wildman–Crippen MR) is 140 cm³/mol. The Balaban J connectivity index is 1.16. The smallest absolute Gasteiger partial charge is 0.257 e. The van der Waals surface area contributed by atoms with Gasteiger partial charge < -0.3 is 15.5 Å². The van der Waals surface area contributed by atoms with Crippen LogP contribution in [-0.2, 0) is 6.42 Å². The summed E-state index contributed by atoms with van der Waals surface area (Å²) in [5, 5.41) is 13.1. The molecule has 0 spiro atoms. The van der Waals surface area contributed by atoms with Gasteiger partial charge in [0.15, 0.2) is 0 Å². The van der Waals surface area contributed by atoms with E-state index < -0.39 is 0 Å². The summed E-state index contributed by atoms with van der Waals surface area (Å²) >= 11 is 0. The lowest BCUT2D eigenvalue weighted by molar-refractivity contribution is 0.0690. The first-order valence-corrected chi connectivity index (χ1v) is 12.3. The maximum Gasteiger partial charge on any atom is 0.257 e. The number of fused-ring (bicyclic) bond motifs is 2. The molecule has 2 aliphatic rings. The van der Waals surface area contributed by atoms with Crippen molar-refractivity contribution in [2.75, 3.05) is 23.7 Å². The monoisotopic (exact) mass is 477 g/mol. The van der Waals surface area contributed by atoms with Crippen LogP contribution in [0.1, 0.15) is 39.1 Å². The number of benzene rings is 3. The van der Waals surface area contributed by atoms with E-state index in [1.165, 1.54) is 5.56 Å². The largest absolute Gasteiger partial charge is 0.353 e. The molecule has 3 heterocycles. The number of rotatable bonds is 4. The Hall–Kier alpha value is -4.39. The van der Waals surface area contributed by atoms with Crippen molar-refractivity contribution in [3.05, 3.63) is 95.8 Å². The van der Waals surface area contributed by atoms with Crippen molar-refractivity contribution in [1.29, 1.82) is 0 Å². The van der Waals surface area contributed by atoms with Gasteiger partial charge in [0, 0.05) is 30.4 Å². The van der Waals surface area contributed by atoms with Gasteiger partial charge in [-0.15, -0.1) is 0 Å². The van der Waals surface area contributed by atoms with Crippen LogP contribution in [-0.4, -0.2) is 40.0 Å². The van der Waals surface area contributed by atoms with Gasteiger partial charge >= 0.3 is 0 Å². The molecule has 0 bridgehead atoms. The Kier molecular flexibility index (Phi) is 5.73. The number of aromatic nitrogens is 2. The zero-order chi connectivity index (χ0) is 24.5. The highest BCUT2D eigenvalue weighted by molar-refractivity contribution is 6.13. The first kappa shape index (κ1) is 22.1. The first-order valence-electron chi connectivity index (χ1n) is 12.3. The summed E-state index contributed by atoms with van der Waals surface area (Å²) in [6.45, 7) is 1.50. The standard InChI is InChI=1S/C29H27N5O2/c35-28-24-15-21(23-17-30-31-18-23)6-8-25(24)32-26-9-7-22(16-27(26)33-28)29(36)34-12-10-20(11-13-34)14-19-4-2-1-3-5-19/h1-9,15-18,20,32H,10-14H2,(H,30,31)(H,33,35). The number of H-pyrrole nitrogens is 1. The van der Waals surface area contributed by atoms with Crippen LogP contribution in [0.25, 0.3) is 11.1 Å². The number of aromatic amines is 1. The lowest BCUT2D eigenvalue weighted by Crippen LogP contribution is -2.38. The Morgan fingerprint density at radius 2 is 1.69 bits per heavy atom. The Morgan fingerprint density at radius 3 is 2.47 bits per heavy atom. The first-order chi connectivity index (χ1) is 17.6. The van der Waals surface area contributed by atoms with E-state index in [0.29, 0.717) is 22.7 Å². The Bertz CT molecular complexity index is 1410. The molecule has 3 N–H and O–H groups in total. The second kappa shape index (κ2) is 9.34. The molecular formula is C29H27N5O2. The highest BCUT2D eigenvalue weighted by Gasteiger charge is 2.26. The average molecular weight is 478 g/mol. The van der Waals surface area contributed by atoms with Gasteiger partial charge in [0.1, 0.15) is 0 Å². The third-order valence-corrected chi connectivity index (χ3v) is 7.15. The molecule has 0 unspecified atom stereocenters. The number of piperidine rings is 1. The minimum Gasteiger partial charge on any atom is -0.353 e. The van der Waals surface area contributed by atoms with Crippen molar-refractivity contribution in [2.45, 2.75) is 19.3 Å². The number of nitrogens with one attached hydrogen (secondary N) is 3. The zero-order valence-electron chi connectivity index (χ0n) is 19.8. The van der Waals surface area contributed by atoms with Crippen molar-refractivity contribution in [1.82, 2.24) is 15.1 Å². The molecule has 180 valence electrons. The fraction of sp³-hybridized carbons (Fsp3) is 0.207. The predicted octanol–water partition coefficient (Wildman–Crippen LogP) is 5.48. The van der Waals surface area contributed by atoms with Crippen molar-refractivity contribution < 1.29 is 9.59 Å². The minimum absolute atomic E-state index is 0.00853. The zero-order valence-corrected chi connectivity index (χ0v) is 19.8. The van der Waals surface area contributed by atoms with Crippen molar-refractivity contribution in [2.24, 2.45) is 5.92 Å². The van der Waals surface area contributed by atoms with Crippen LogP contribution in [0.5, 0.6) is 0 Å². The maximum atomic E-state index is 13.3. The highest BCUT2D eigenvalue weighted by Crippen LogP contribution is 2.35. The average Bonchev–Trinajstić information content (AvgIpc) is 3.41. The second-order valence-corrected chi connectivity index (χ2v) is 9.51. The van der Waals surface area contributed by atoms with E-state index in [-0.39, 0.29) is 11.8 Å². The van der Waals surface area contributed by atoms with Gasteiger partial charge in [-0.1, -0.05) is 36.4 Å². The molecular weight excluding hydrogens is 450 g/mol. The van der Waals surface area contributed by atoms with E-state index in [1.54, 1.807) is 18.5 Å². The van der Waals surface area contributed by atoms with Crippen LogP contribution in [0.4, 0.5) is 17.1 Å². The van der Waals surface area contributed by atoms with Crippen LogP contribution in [0.3, 0.4) is 0 Å². The number of hydrogen-bond acceptors (Lipinski definition) is 4. The Morgan fingerprint density at radius 1 is 0.889 bits per heavy atom. The third-order valence-electron chi connectivity index (χ3n) is 7.15. The Labute approximate surface area is 209 Å². The van der Waals surface area contributed by atoms with Gasteiger partial charge in [0.05, 0.1) is 28.8 Å². The molecule has 7 nitrogen and oxygen atoms in total. The molecule has 0 radical (unpaired) electrons. The summed E-state index contributed by atoms with van der Waals surface area (Å²) in [6, 6.07) is 21.7. The van der Waals surface area contributed by atoms with E-state index in [4.69, 9.17) is 0 Å². The summed E-state index contributed by atoms with van der Waals surface area (Å²) in [6.07, 6.45) is 6.57. The highest BCUT2D eigenvalue weighted by atomic mass is 16.2. The van der Waals surface area contributed by atoms with Gasteiger partial charge in [-0.05, 0) is 66.6 Å². The number of carbonyl (C=O) groups is 2. The topological polar surface area (TPSA) is 90.1 Å². The second-order valence-electron chi connectivity index (χ2n) is 9.51. The van der Waals surface area contributed by atoms with Gasteiger partial charge in [-0.3, -0.25) is 14.7 Å². The molecule has 1 fully saturated rings. The summed E-state index contributed by atoms with van der Waals surface area (Å²) in [5.74, 6) is 0.388. The number of nitrogens with zero attached hydrogens (tertiary/aromatic N) is 2. The quantitative estimate of drug-likeness (QED) is 0.363. The van der Waals surface area contributed by atoms with E-state index in [9.17, 15) is 9.59 Å². The fourth-order valence-corrected chi connectivity index (χ4v) is 5.12. The van der Waals surface area contributed by atoms with Crippen LogP contribution in [0.2, 0.25) is 0 Å². The molecule has 0 aliphatic carbocycles. The molecule has 2 amide bonds. The van der Waals surface area contributed by atoms with E-state index in [2.05, 4.69) is 45.1 Å². The molecule has 0 atom stereocenters. The molecule has 0 saturated carbocycles. The van der Waals surface area contributed by atoms with Crippen molar-refractivity contribution in [3.8, 4) is 11.1 Å². The third kappa shape index (κ3) is 4.35. The van der Waals surface area contributed by atoms with Gasteiger partial charge in [-0.2, -0.15) is 5.10 Å². The fourth-order valence-electron chi connectivity index (χ4n) is 5.12. The molecule has 2 aliphatic heterocycles. The number of likely N-dealkylation sites (tertiary alicyclic amines) is 1. The summed E-state index contributed by atoms with van der Waals surface area (Å²) in [7, 11) is 0. The SMILES string of the molecule is O=C1Nc2cc(C(=O)N3CCC(Cc4ccccc4)CC3)ccc2Nc2ccc(-c3cn[nH]c3)cc21. The molecule has 3 aromatic carbocycles.